The van der Waals surface area contributed by atoms with E-state index >= 15 is 0 Å². The highest BCUT2D eigenvalue weighted by atomic mass is 35.5. The van der Waals surface area contributed by atoms with Gasteiger partial charge in [0.2, 0.25) is 5.91 Å². The second kappa shape index (κ2) is 4.96. The van der Waals surface area contributed by atoms with Crippen LogP contribution in [0.1, 0.15) is 12.8 Å². The maximum Gasteiger partial charge on any atom is 0.228 e. The fraction of sp³-hybridized carbons (Fsp3) is 0.889. The molecule has 0 aromatic rings. The number of likely N-dealkylation sites (tertiary alicyclic amines) is 1. The molecular weight excluding hydrogens is 204 g/mol. The lowest BCUT2D eigenvalue weighted by atomic mass is 9.99. The van der Waals surface area contributed by atoms with Crippen LogP contribution in [0.5, 0.6) is 0 Å². The molecule has 2 aliphatic heterocycles. The number of rotatable bonds is 1. The van der Waals surface area contributed by atoms with E-state index in [4.69, 9.17) is 0 Å². The van der Waals surface area contributed by atoms with Crippen molar-refractivity contribution in [2.45, 2.75) is 18.9 Å². The van der Waals surface area contributed by atoms with E-state index < -0.39 is 0 Å². The summed E-state index contributed by atoms with van der Waals surface area (Å²) in [4.78, 5) is 13.6. The summed E-state index contributed by atoms with van der Waals surface area (Å²) in [6.45, 7) is 3.13. The second-order valence-corrected chi connectivity index (χ2v) is 3.91. The first-order chi connectivity index (χ1) is 6.27. The first-order valence-corrected chi connectivity index (χ1v) is 4.95. The topological polar surface area (TPSA) is 52.6 Å². The molecule has 2 fully saturated rings. The lowest BCUT2D eigenvalue weighted by Gasteiger charge is -2.35. The molecule has 0 radical (unpaired) electrons. The van der Waals surface area contributed by atoms with Gasteiger partial charge in [0.1, 0.15) is 0 Å². The summed E-state index contributed by atoms with van der Waals surface area (Å²) in [5.41, 5.74) is 0. The quantitative estimate of drug-likeness (QED) is 0.633. The Labute approximate surface area is 90.1 Å². The normalized spacial score (nSPS) is 23.9. The fourth-order valence-corrected chi connectivity index (χ4v) is 1.81. The van der Waals surface area contributed by atoms with Gasteiger partial charge in [-0.05, 0) is 12.8 Å². The molecule has 0 unspecified atom stereocenters. The van der Waals surface area contributed by atoms with Gasteiger partial charge in [-0.1, -0.05) is 0 Å². The van der Waals surface area contributed by atoms with Gasteiger partial charge in [-0.15, -0.1) is 12.4 Å². The van der Waals surface area contributed by atoms with Crippen LogP contribution in [0, 0.1) is 5.92 Å². The molecule has 2 saturated heterocycles. The molecule has 0 atom stereocenters. The van der Waals surface area contributed by atoms with Crippen LogP contribution >= 0.6 is 12.4 Å². The molecule has 0 aliphatic carbocycles. The van der Waals surface area contributed by atoms with Crippen molar-refractivity contribution >= 4 is 18.3 Å². The van der Waals surface area contributed by atoms with Gasteiger partial charge in [-0.2, -0.15) is 0 Å². The van der Waals surface area contributed by atoms with E-state index in [1.54, 1.807) is 0 Å². The standard InChI is InChI=1S/C9H16N2O2.ClH/c12-8-1-3-11(4-2-8)9(13)7-5-10-6-7;/h7-8,10,12H,1-6H2;1H. The number of nitrogens with one attached hydrogen (secondary N) is 1. The van der Waals surface area contributed by atoms with Gasteiger partial charge < -0.3 is 15.3 Å². The molecule has 0 bridgehead atoms. The van der Waals surface area contributed by atoms with Crippen molar-refractivity contribution in [2.24, 2.45) is 5.92 Å². The van der Waals surface area contributed by atoms with Crippen LogP contribution in [-0.4, -0.2) is 48.2 Å². The van der Waals surface area contributed by atoms with E-state index in [-0.39, 0.29) is 30.3 Å². The summed E-state index contributed by atoms with van der Waals surface area (Å²) in [6, 6.07) is 0. The SMILES string of the molecule is Cl.O=C(C1CNC1)N1CCC(O)CC1. The smallest absolute Gasteiger partial charge is 0.228 e. The molecule has 0 saturated carbocycles. The minimum atomic E-state index is -0.191. The van der Waals surface area contributed by atoms with E-state index in [1.165, 1.54) is 0 Å². The van der Waals surface area contributed by atoms with Gasteiger partial charge in [0.15, 0.2) is 0 Å². The Morgan fingerprint density at radius 1 is 1.29 bits per heavy atom. The Hall–Kier alpha value is -0.320. The molecule has 0 aromatic heterocycles. The number of aliphatic hydroxyl groups excluding tert-OH is 1. The van der Waals surface area contributed by atoms with Crippen LogP contribution in [0.25, 0.3) is 0 Å². The lowest BCUT2D eigenvalue weighted by Crippen LogP contribution is -2.53. The zero-order chi connectivity index (χ0) is 9.26. The van der Waals surface area contributed by atoms with Gasteiger partial charge in [-0.3, -0.25) is 4.79 Å². The van der Waals surface area contributed by atoms with Crippen molar-refractivity contribution in [3.05, 3.63) is 0 Å². The summed E-state index contributed by atoms with van der Waals surface area (Å²) >= 11 is 0. The highest BCUT2D eigenvalue weighted by molar-refractivity contribution is 5.85. The number of amides is 1. The number of hydrogen-bond donors (Lipinski definition) is 2. The average Bonchev–Trinajstić information content (AvgIpc) is 2.02. The third-order valence-corrected chi connectivity index (χ3v) is 2.91. The van der Waals surface area contributed by atoms with Gasteiger partial charge in [0.25, 0.3) is 0 Å². The summed E-state index contributed by atoms with van der Waals surface area (Å²) in [5.74, 6) is 0.473. The predicted molar refractivity (Wildman–Crippen MR) is 55.4 cm³/mol. The summed E-state index contributed by atoms with van der Waals surface area (Å²) in [5, 5.41) is 12.4. The minimum Gasteiger partial charge on any atom is -0.393 e. The summed E-state index contributed by atoms with van der Waals surface area (Å²) in [6.07, 6.45) is 1.29. The van der Waals surface area contributed by atoms with Gasteiger partial charge in [0.05, 0.1) is 12.0 Å². The number of halogens is 1. The molecule has 1 amide bonds. The molecule has 2 N–H and O–H groups in total. The third-order valence-electron chi connectivity index (χ3n) is 2.91. The number of piperidine rings is 1. The lowest BCUT2D eigenvalue weighted by molar-refractivity contribution is -0.139. The predicted octanol–water partition coefficient (Wildman–Crippen LogP) is -0.389. The zero-order valence-corrected chi connectivity index (χ0v) is 8.92. The first kappa shape index (κ1) is 11.8. The number of carbonyl (C=O) groups is 1. The van der Waals surface area contributed by atoms with E-state index in [0.717, 1.165) is 39.0 Å². The van der Waals surface area contributed by atoms with Crippen LogP contribution < -0.4 is 5.32 Å². The minimum absolute atomic E-state index is 0. The highest BCUT2D eigenvalue weighted by Gasteiger charge is 2.30. The van der Waals surface area contributed by atoms with Crippen molar-refractivity contribution in [2.75, 3.05) is 26.2 Å². The zero-order valence-electron chi connectivity index (χ0n) is 8.11. The van der Waals surface area contributed by atoms with Gasteiger partial charge >= 0.3 is 0 Å². The Balaban J connectivity index is 0.000000980. The molecule has 5 heteroatoms. The maximum atomic E-state index is 11.7. The molecule has 0 aromatic carbocycles. The Kier molecular flexibility index (Phi) is 4.16. The molecule has 14 heavy (non-hydrogen) atoms. The van der Waals surface area contributed by atoms with Crippen molar-refractivity contribution in [1.29, 1.82) is 0 Å². The fourth-order valence-electron chi connectivity index (χ4n) is 1.81. The number of carbonyl (C=O) groups excluding carboxylic acids is 1. The van der Waals surface area contributed by atoms with E-state index in [9.17, 15) is 9.90 Å². The van der Waals surface area contributed by atoms with Crippen LogP contribution in [0.2, 0.25) is 0 Å². The molecule has 82 valence electrons. The van der Waals surface area contributed by atoms with Gasteiger partial charge in [0, 0.05) is 26.2 Å². The van der Waals surface area contributed by atoms with Crippen molar-refractivity contribution in [3.8, 4) is 0 Å². The number of aliphatic hydroxyl groups is 1. The maximum absolute atomic E-state index is 11.7. The largest absolute Gasteiger partial charge is 0.393 e. The van der Waals surface area contributed by atoms with E-state index in [0.29, 0.717) is 0 Å². The van der Waals surface area contributed by atoms with E-state index in [1.807, 2.05) is 4.90 Å². The number of nitrogens with zero attached hydrogens (tertiary/aromatic N) is 1. The Morgan fingerprint density at radius 2 is 1.86 bits per heavy atom. The third kappa shape index (κ3) is 2.38. The summed E-state index contributed by atoms with van der Waals surface area (Å²) in [7, 11) is 0. The Morgan fingerprint density at radius 3 is 2.29 bits per heavy atom. The van der Waals surface area contributed by atoms with Crippen LogP contribution in [0.4, 0.5) is 0 Å². The molecule has 2 heterocycles. The van der Waals surface area contributed by atoms with Gasteiger partial charge in [-0.25, -0.2) is 0 Å². The van der Waals surface area contributed by atoms with E-state index in [2.05, 4.69) is 5.32 Å². The van der Waals surface area contributed by atoms with Crippen LogP contribution in [-0.2, 0) is 4.79 Å². The highest BCUT2D eigenvalue weighted by Crippen LogP contribution is 2.14. The van der Waals surface area contributed by atoms with Crippen LogP contribution in [0.15, 0.2) is 0 Å². The molecular formula is C9H17ClN2O2. The van der Waals surface area contributed by atoms with Crippen LogP contribution in [0.3, 0.4) is 0 Å². The molecule has 2 aliphatic rings. The van der Waals surface area contributed by atoms with Crippen molar-refractivity contribution in [3.63, 3.8) is 0 Å². The number of hydrogen-bond acceptors (Lipinski definition) is 3. The average molecular weight is 221 g/mol. The van der Waals surface area contributed by atoms with Crippen molar-refractivity contribution < 1.29 is 9.90 Å². The molecule has 0 spiro atoms. The first-order valence-electron chi connectivity index (χ1n) is 4.95. The van der Waals surface area contributed by atoms with Crippen molar-refractivity contribution in [1.82, 2.24) is 10.2 Å². The molecule has 4 nitrogen and oxygen atoms in total. The monoisotopic (exact) mass is 220 g/mol. The Bertz CT molecular complexity index is 201. The molecule has 2 rings (SSSR count). The second-order valence-electron chi connectivity index (χ2n) is 3.91. The summed E-state index contributed by atoms with van der Waals surface area (Å²) < 4.78 is 0.